The molecule has 1 atom stereocenters. The Balaban J connectivity index is 2.22. The van der Waals surface area contributed by atoms with Crippen LogP contribution in [0.2, 0.25) is 0 Å². The molecule has 1 aromatic carbocycles. The van der Waals surface area contributed by atoms with Crippen molar-refractivity contribution in [3.05, 3.63) is 35.8 Å². The molecule has 0 saturated carbocycles. The van der Waals surface area contributed by atoms with Gasteiger partial charge in [0, 0.05) is 29.2 Å². The van der Waals surface area contributed by atoms with Gasteiger partial charge in [-0.05, 0) is 25.5 Å². The van der Waals surface area contributed by atoms with Gasteiger partial charge < -0.3 is 20.5 Å². The Morgan fingerprint density at radius 2 is 2.16 bits per heavy atom. The first-order valence-corrected chi connectivity index (χ1v) is 6.24. The van der Waals surface area contributed by atoms with Gasteiger partial charge in [-0.2, -0.15) is 0 Å². The van der Waals surface area contributed by atoms with Crippen molar-refractivity contribution in [3.8, 4) is 0 Å². The van der Waals surface area contributed by atoms with E-state index in [-0.39, 0.29) is 19.0 Å². The fraction of sp³-hybridized carbons (Fsp3) is 0.429. The van der Waals surface area contributed by atoms with Gasteiger partial charge in [-0.15, -0.1) is 0 Å². The van der Waals surface area contributed by atoms with Crippen LogP contribution in [0.15, 0.2) is 24.4 Å². The number of halogens is 1. The third-order valence-corrected chi connectivity index (χ3v) is 3.22. The molecule has 1 aromatic heterocycles. The summed E-state index contributed by atoms with van der Waals surface area (Å²) in [6, 6.07) is 5.24. The molecule has 0 fully saturated rings. The number of aliphatic hydroxyl groups excluding tert-OH is 2. The standard InChI is InChI=1S/C14H19FN2O2/c1-14(2,8-18)17-7-12(19)9-4-3-5-11-13(9)10(15)6-16-11/h3-6,12,16-19H,7-8H2,1-2H3/t12-/m0/s1. The van der Waals surface area contributed by atoms with Gasteiger partial charge in [0.2, 0.25) is 0 Å². The van der Waals surface area contributed by atoms with Crippen LogP contribution >= 0.6 is 0 Å². The van der Waals surface area contributed by atoms with Crippen LogP contribution in [0.3, 0.4) is 0 Å². The molecule has 5 heteroatoms. The zero-order valence-electron chi connectivity index (χ0n) is 11.1. The van der Waals surface area contributed by atoms with Crippen molar-refractivity contribution in [1.82, 2.24) is 10.3 Å². The average Bonchev–Trinajstić information content (AvgIpc) is 2.78. The number of nitrogens with one attached hydrogen (secondary N) is 2. The number of hydrogen-bond acceptors (Lipinski definition) is 3. The average molecular weight is 266 g/mol. The number of aromatic nitrogens is 1. The molecule has 0 bridgehead atoms. The van der Waals surface area contributed by atoms with E-state index in [1.54, 1.807) is 18.2 Å². The molecule has 0 radical (unpaired) electrons. The predicted molar refractivity (Wildman–Crippen MR) is 72.4 cm³/mol. The summed E-state index contributed by atoms with van der Waals surface area (Å²) >= 11 is 0. The van der Waals surface area contributed by atoms with Crippen LogP contribution in [0, 0.1) is 5.82 Å². The number of H-pyrrole nitrogens is 1. The third-order valence-electron chi connectivity index (χ3n) is 3.22. The van der Waals surface area contributed by atoms with Crippen LogP contribution < -0.4 is 5.32 Å². The fourth-order valence-corrected chi connectivity index (χ4v) is 1.99. The second kappa shape index (κ2) is 5.28. The first kappa shape index (κ1) is 14.0. The summed E-state index contributed by atoms with van der Waals surface area (Å²) in [7, 11) is 0. The number of rotatable bonds is 5. The molecule has 2 aromatic rings. The summed E-state index contributed by atoms with van der Waals surface area (Å²) in [5.74, 6) is -0.369. The molecule has 0 aliphatic heterocycles. The molecule has 0 saturated heterocycles. The Morgan fingerprint density at radius 1 is 1.42 bits per heavy atom. The van der Waals surface area contributed by atoms with Crippen LogP contribution in [0.5, 0.6) is 0 Å². The molecule has 0 aliphatic rings. The fourth-order valence-electron chi connectivity index (χ4n) is 1.99. The SMILES string of the molecule is CC(C)(CO)NC[C@H](O)c1cccc2[nH]cc(F)c12. The Bertz CT molecular complexity index is 566. The van der Waals surface area contributed by atoms with Crippen LogP contribution in [0.25, 0.3) is 10.9 Å². The summed E-state index contributed by atoms with van der Waals surface area (Å²) < 4.78 is 13.7. The van der Waals surface area contributed by atoms with E-state index in [2.05, 4.69) is 10.3 Å². The van der Waals surface area contributed by atoms with Crippen LogP contribution in [-0.4, -0.2) is 33.9 Å². The van der Waals surface area contributed by atoms with Gasteiger partial charge >= 0.3 is 0 Å². The van der Waals surface area contributed by atoms with Crippen LogP contribution in [0.4, 0.5) is 4.39 Å². The lowest BCUT2D eigenvalue weighted by Gasteiger charge is -2.25. The summed E-state index contributed by atoms with van der Waals surface area (Å²) in [6.07, 6.45) is 0.450. The molecule has 4 N–H and O–H groups in total. The molecule has 2 rings (SSSR count). The van der Waals surface area contributed by atoms with Crippen molar-refractivity contribution in [1.29, 1.82) is 0 Å². The van der Waals surface area contributed by atoms with Crippen LogP contribution in [0.1, 0.15) is 25.5 Å². The number of β-amino-alcohol motifs (C(OH)–C–C–N with tert-alkyl or cyclic N) is 1. The Kier molecular flexibility index (Phi) is 3.89. The summed E-state index contributed by atoms with van der Waals surface area (Å²) in [5, 5.41) is 22.8. The number of fused-ring (bicyclic) bond motifs is 1. The maximum Gasteiger partial charge on any atom is 0.148 e. The minimum atomic E-state index is -0.833. The highest BCUT2D eigenvalue weighted by atomic mass is 19.1. The largest absolute Gasteiger partial charge is 0.394 e. The van der Waals surface area contributed by atoms with Gasteiger partial charge in [-0.25, -0.2) is 4.39 Å². The van der Waals surface area contributed by atoms with E-state index in [4.69, 9.17) is 5.11 Å². The third kappa shape index (κ3) is 2.94. The van der Waals surface area contributed by atoms with Gasteiger partial charge in [0.15, 0.2) is 0 Å². The van der Waals surface area contributed by atoms with E-state index in [0.29, 0.717) is 16.5 Å². The molecule has 1 heterocycles. The van der Waals surface area contributed by atoms with Crippen LogP contribution in [-0.2, 0) is 0 Å². The first-order valence-electron chi connectivity index (χ1n) is 6.24. The summed E-state index contributed by atoms with van der Waals surface area (Å²) in [6.45, 7) is 3.87. The summed E-state index contributed by atoms with van der Waals surface area (Å²) in [5.41, 5.74) is 0.721. The lowest BCUT2D eigenvalue weighted by atomic mass is 10.0. The van der Waals surface area contributed by atoms with Crippen molar-refractivity contribution in [2.24, 2.45) is 0 Å². The maximum absolute atomic E-state index is 13.7. The topological polar surface area (TPSA) is 68.3 Å². The Morgan fingerprint density at radius 3 is 2.84 bits per heavy atom. The van der Waals surface area contributed by atoms with Crippen molar-refractivity contribution in [3.63, 3.8) is 0 Å². The first-order chi connectivity index (χ1) is 8.94. The molecule has 19 heavy (non-hydrogen) atoms. The van der Waals surface area contributed by atoms with E-state index in [0.717, 1.165) is 0 Å². The molecule has 4 nitrogen and oxygen atoms in total. The second-order valence-corrected chi connectivity index (χ2v) is 5.35. The zero-order valence-corrected chi connectivity index (χ0v) is 11.1. The minimum Gasteiger partial charge on any atom is -0.394 e. The lowest BCUT2D eigenvalue weighted by molar-refractivity contribution is 0.137. The molecule has 0 aliphatic carbocycles. The number of benzene rings is 1. The molecular formula is C14H19FN2O2. The van der Waals surface area contributed by atoms with Crippen molar-refractivity contribution in [2.45, 2.75) is 25.5 Å². The predicted octanol–water partition coefficient (Wildman–Crippen LogP) is 1.70. The highest BCUT2D eigenvalue weighted by Gasteiger charge is 2.20. The van der Waals surface area contributed by atoms with E-state index in [1.165, 1.54) is 6.20 Å². The maximum atomic E-state index is 13.7. The quantitative estimate of drug-likeness (QED) is 0.666. The molecule has 0 unspecified atom stereocenters. The second-order valence-electron chi connectivity index (χ2n) is 5.35. The smallest absolute Gasteiger partial charge is 0.148 e. The minimum absolute atomic E-state index is 0.0392. The Hall–Kier alpha value is -1.43. The molecule has 0 spiro atoms. The van der Waals surface area contributed by atoms with E-state index < -0.39 is 11.6 Å². The molecule has 104 valence electrons. The van der Waals surface area contributed by atoms with Crippen molar-refractivity contribution in [2.75, 3.05) is 13.2 Å². The van der Waals surface area contributed by atoms with Gasteiger partial charge in [-0.3, -0.25) is 0 Å². The van der Waals surface area contributed by atoms with Gasteiger partial charge in [0.25, 0.3) is 0 Å². The monoisotopic (exact) mass is 266 g/mol. The molecule has 0 amide bonds. The van der Waals surface area contributed by atoms with Crippen molar-refractivity contribution < 1.29 is 14.6 Å². The number of aromatic amines is 1. The van der Waals surface area contributed by atoms with Gasteiger partial charge in [0.1, 0.15) is 5.82 Å². The number of hydrogen-bond donors (Lipinski definition) is 4. The normalized spacial score (nSPS) is 13.9. The van der Waals surface area contributed by atoms with E-state index in [9.17, 15) is 9.50 Å². The summed E-state index contributed by atoms with van der Waals surface area (Å²) in [4.78, 5) is 2.82. The Labute approximate surface area is 111 Å². The highest BCUT2D eigenvalue weighted by molar-refractivity contribution is 5.84. The highest BCUT2D eigenvalue weighted by Crippen LogP contribution is 2.26. The van der Waals surface area contributed by atoms with Gasteiger partial charge in [0.05, 0.1) is 12.7 Å². The van der Waals surface area contributed by atoms with E-state index in [1.807, 2.05) is 13.8 Å². The molecular weight excluding hydrogens is 247 g/mol. The zero-order chi connectivity index (χ0) is 14.0. The number of aliphatic hydroxyl groups is 2. The lowest BCUT2D eigenvalue weighted by Crippen LogP contribution is -2.44. The van der Waals surface area contributed by atoms with Gasteiger partial charge in [-0.1, -0.05) is 12.1 Å². The van der Waals surface area contributed by atoms with E-state index >= 15 is 0 Å². The van der Waals surface area contributed by atoms with Crippen molar-refractivity contribution >= 4 is 10.9 Å².